The number of allylic oxidation sites excluding steroid dienone is 3. The molecule has 0 saturated heterocycles. The number of carbonyl (C=O) groups excluding carboxylic acids is 1. The fraction of sp³-hybridized carbons (Fsp3) is 0.300. The van der Waals surface area contributed by atoms with Gasteiger partial charge in [-0.1, -0.05) is 28.6 Å². The molecule has 0 rings (SSSR count). The third-order valence-electron chi connectivity index (χ3n) is 1.32. The molecule has 84 valence electrons. The Hall–Kier alpha value is -0.520. The van der Waals surface area contributed by atoms with Crippen LogP contribution < -0.4 is 5.73 Å². The second-order valence-electron chi connectivity index (χ2n) is 3.01. The third-order valence-corrected chi connectivity index (χ3v) is 2.72. The lowest BCUT2D eigenvalue weighted by Gasteiger charge is -2.07. The average molecular weight is 291 g/mol. The minimum absolute atomic E-state index is 0.0531. The molecular formula is C10H15BrN2OS. The summed E-state index contributed by atoms with van der Waals surface area (Å²) in [5, 5.41) is 0.0531. The van der Waals surface area contributed by atoms with Crippen molar-refractivity contribution in [2.24, 2.45) is 5.73 Å². The lowest BCUT2D eigenvalue weighted by Crippen LogP contribution is -2.19. The van der Waals surface area contributed by atoms with Crippen molar-refractivity contribution in [3.63, 3.8) is 0 Å². The molecular weight excluding hydrogens is 276 g/mol. The minimum Gasteiger partial charge on any atom is -0.404 e. The minimum atomic E-state index is 0.0531. The molecule has 0 aliphatic rings. The molecule has 5 heteroatoms. The second-order valence-corrected chi connectivity index (χ2v) is 5.06. The van der Waals surface area contributed by atoms with Crippen molar-refractivity contribution in [2.45, 2.75) is 0 Å². The molecule has 0 radical (unpaired) electrons. The van der Waals surface area contributed by atoms with Crippen molar-refractivity contribution in [3.8, 4) is 0 Å². The third kappa shape index (κ3) is 7.41. The van der Waals surface area contributed by atoms with Crippen LogP contribution in [0.1, 0.15) is 0 Å². The van der Waals surface area contributed by atoms with Crippen molar-refractivity contribution < 1.29 is 4.79 Å². The van der Waals surface area contributed by atoms with Gasteiger partial charge in [0.25, 0.3) is 0 Å². The highest BCUT2D eigenvalue weighted by Crippen LogP contribution is 2.21. The van der Waals surface area contributed by atoms with Crippen LogP contribution in [-0.2, 0) is 4.79 Å². The number of likely N-dealkylation sites (N-methyl/N-ethyl adjacent to an activating group) is 1. The van der Waals surface area contributed by atoms with E-state index in [4.69, 9.17) is 5.73 Å². The summed E-state index contributed by atoms with van der Waals surface area (Å²) in [4.78, 5) is 14.0. The first-order valence-corrected chi connectivity index (χ1v) is 5.87. The number of thioether (sulfide) groups is 1. The lowest BCUT2D eigenvalue weighted by molar-refractivity contribution is -0.111. The zero-order valence-electron chi connectivity index (χ0n) is 8.87. The van der Waals surface area contributed by atoms with Gasteiger partial charge in [-0.3, -0.25) is 4.79 Å². The topological polar surface area (TPSA) is 46.3 Å². The molecule has 0 heterocycles. The maximum Gasteiger partial charge on any atom is 0.207 e. The first-order chi connectivity index (χ1) is 6.99. The van der Waals surface area contributed by atoms with Gasteiger partial charge in [0.05, 0.1) is 6.54 Å². The summed E-state index contributed by atoms with van der Waals surface area (Å²) >= 11 is 4.39. The molecule has 0 aliphatic carbocycles. The van der Waals surface area contributed by atoms with Gasteiger partial charge in [0.15, 0.2) is 0 Å². The van der Waals surface area contributed by atoms with Crippen molar-refractivity contribution in [3.05, 3.63) is 34.3 Å². The average Bonchev–Trinajstić information content (AvgIpc) is 2.15. The largest absolute Gasteiger partial charge is 0.404 e. The Balaban J connectivity index is 4.36. The molecule has 0 saturated carbocycles. The van der Waals surface area contributed by atoms with Crippen LogP contribution in [0, 0.1) is 0 Å². The quantitative estimate of drug-likeness (QED) is 0.788. The molecule has 0 aromatic rings. The van der Waals surface area contributed by atoms with Gasteiger partial charge in [-0.2, -0.15) is 0 Å². The monoisotopic (exact) mass is 290 g/mol. The Morgan fingerprint density at radius 2 is 2.20 bits per heavy atom. The summed E-state index contributed by atoms with van der Waals surface area (Å²) in [6.07, 6.45) is 4.80. The van der Waals surface area contributed by atoms with Crippen LogP contribution in [0.2, 0.25) is 0 Å². The number of hydrogen-bond donors (Lipinski definition) is 1. The van der Waals surface area contributed by atoms with E-state index in [0.29, 0.717) is 11.4 Å². The summed E-state index contributed by atoms with van der Waals surface area (Å²) in [5.74, 6) is 0. The Morgan fingerprint density at radius 1 is 1.60 bits per heavy atom. The van der Waals surface area contributed by atoms with E-state index >= 15 is 0 Å². The Bertz CT molecular complexity index is 298. The van der Waals surface area contributed by atoms with Crippen LogP contribution in [0.5, 0.6) is 0 Å². The van der Waals surface area contributed by atoms with Crippen LogP contribution in [0.15, 0.2) is 34.3 Å². The highest BCUT2D eigenvalue weighted by molar-refractivity contribution is 9.11. The van der Waals surface area contributed by atoms with Gasteiger partial charge in [0, 0.05) is 15.6 Å². The standard InChI is InChI=1S/C10H15BrN2OS/c1-4-8(11)5-9(6-12)15-10(14)7-13(2)3/h4-6H,1,7,12H2,2-3H3/b8-5+,9-6+. The van der Waals surface area contributed by atoms with E-state index in [1.807, 2.05) is 19.0 Å². The number of nitrogens with zero attached hydrogens (tertiary/aromatic N) is 1. The van der Waals surface area contributed by atoms with E-state index in [1.54, 1.807) is 12.2 Å². The Kier molecular flexibility index (Phi) is 7.46. The predicted molar refractivity (Wildman–Crippen MR) is 70.6 cm³/mol. The van der Waals surface area contributed by atoms with Gasteiger partial charge in [0.2, 0.25) is 5.12 Å². The fourth-order valence-electron chi connectivity index (χ4n) is 0.728. The van der Waals surface area contributed by atoms with E-state index in [1.165, 1.54) is 6.20 Å². The molecule has 0 spiro atoms. The van der Waals surface area contributed by atoms with Gasteiger partial charge < -0.3 is 10.6 Å². The van der Waals surface area contributed by atoms with Crippen LogP contribution in [0.25, 0.3) is 0 Å². The fourth-order valence-corrected chi connectivity index (χ4v) is 1.97. The smallest absolute Gasteiger partial charge is 0.207 e. The highest BCUT2D eigenvalue weighted by atomic mass is 79.9. The van der Waals surface area contributed by atoms with Crippen molar-refractivity contribution in [2.75, 3.05) is 20.6 Å². The summed E-state index contributed by atoms with van der Waals surface area (Å²) in [6.45, 7) is 3.98. The molecule has 0 aromatic carbocycles. The SMILES string of the molecule is C=C/C(Br)=C\C(=C/N)SC(=O)CN(C)C. The number of rotatable bonds is 5. The first-order valence-electron chi connectivity index (χ1n) is 4.26. The number of halogens is 1. The van der Waals surface area contributed by atoms with Crippen LogP contribution >= 0.6 is 27.7 Å². The molecule has 0 fully saturated rings. The van der Waals surface area contributed by atoms with Gasteiger partial charge in [-0.15, -0.1) is 0 Å². The molecule has 0 aliphatic heterocycles. The van der Waals surface area contributed by atoms with E-state index in [-0.39, 0.29) is 5.12 Å². The number of hydrogen-bond acceptors (Lipinski definition) is 4. The zero-order valence-corrected chi connectivity index (χ0v) is 11.3. The second kappa shape index (κ2) is 7.73. The van der Waals surface area contributed by atoms with E-state index in [9.17, 15) is 4.79 Å². The molecule has 0 atom stereocenters. The van der Waals surface area contributed by atoms with Crippen molar-refractivity contribution in [1.82, 2.24) is 4.90 Å². The van der Waals surface area contributed by atoms with Gasteiger partial charge in [-0.05, 0) is 31.9 Å². The zero-order chi connectivity index (χ0) is 11.8. The summed E-state index contributed by atoms with van der Waals surface area (Å²) in [6, 6.07) is 0. The molecule has 0 amide bonds. The predicted octanol–water partition coefficient (Wildman–Crippen LogP) is 2.07. The molecule has 0 aromatic heterocycles. The molecule has 0 bridgehead atoms. The van der Waals surface area contributed by atoms with Crippen LogP contribution in [-0.4, -0.2) is 30.7 Å². The molecule has 15 heavy (non-hydrogen) atoms. The van der Waals surface area contributed by atoms with E-state index < -0.39 is 0 Å². The molecule has 0 unspecified atom stereocenters. The van der Waals surface area contributed by atoms with Crippen LogP contribution in [0.3, 0.4) is 0 Å². The van der Waals surface area contributed by atoms with Crippen molar-refractivity contribution >= 4 is 32.8 Å². The molecule has 2 N–H and O–H groups in total. The summed E-state index contributed by atoms with van der Waals surface area (Å²) < 4.78 is 0.796. The number of carbonyl (C=O) groups is 1. The van der Waals surface area contributed by atoms with E-state index in [0.717, 1.165) is 16.2 Å². The lowest BCUT2D eigenvalue weighted by atomic mass is 10.4. The van der Waals surface area contributed by atoms with Gasteiger partial charge >= 0.3 is 0 Å². The summed E-state index contributed by atoms with van der Waals surface area (Å²) in [7, 11) is 3.69. The normalized spacial score (nSPS) is 13.1. The first kappa shape index (κ1) is 14.5. The Morgan fingerprint density at radius 3 is 2.60 bits per heavy atom. The van der Waals surface area contributed by atoms with Gasteiger partial charge in [0.1, 0.15) is 0 Å². The van der Waals surface area contributed by atoms with Crippen LogP contribution in [0.4, 0.5) is 0 Å². The van der Waals surface area contributed by atoms with E-state index in [2.05, 4.69) is 22.5 Å². The maximum atomic E-state index is 11.4. The highest BCUT2D eigenvalue weighted by Gasteiger charge is 2.06. The van der Waals surface area contributed by atoms with Gasteiger partial charge in [-0.25, -0.2) is 0 Å². The van der Waals surface area contributed by atoms with Crippen molar-refractivity contribution in [1.29, 1.82) is 0 Å². The molecule has 3 nitrogen and oxygen atoms in total. The maximum absolute atomic E-state index is 11.4. The Labute approximate surface area is 103 Å². The summed E-state index contributed by atoms with van der Waals surface area (Å²) in [5.41, 5.74) is 5.41. The number of nitrogens with two attached hydrogens (primary N) is 1.